The number of hydrogen-bond acceptors (Lipinski definition) is 3. The molecular weight excluding hydrogens is 312 g/mol. The number of aromatic hydroxyl groups is 1. The molecule has 1 heterocycles. The predicted octanol–water partition coefficient (Wildman–Crippen LogP) is 4.26. The van der Waals surface area contributed by atoms with Crippen LogP contribution in [0.25, 0.3) is 16.9 Å². The number of rotatable bonds is 2. The molecule has 0 amide bonds. The maximum absolute atomic E-state index is 13.0. The predicted molar refractivity (Wildman–Crippen MR) is 97.0 cm³/mol. The van der Waals surface area contributed by atoms with Crippen LogP contribution in [0.2, 0.25) is 0 Å². The molecule has 1 aliphatic rings. The van der Waals surface area contributed by atoms with Crippen LogP contribution < -0.4 is 0 Å². The highest BCUT2D eigenvalue weighted by molar-refractivity contribution is 6.05. The van der Waals surface area contributed by atoms with E-state index in [9.17, 15) is 9.90 Å². The van der Waals surface area contributed by atoms with Gasteiger partial charge in [0, 0.05) is 11.5 Å². The van der Waals surface area contributed by atoms with Gasteiger partial charge >= 0.3 is 0 Å². The van der Waals surface area contributed by atoms with Gasteiger partial charge in [-0.1, -0.05) is 32.0 Å². The Morgan fingerprint density at radius 3 is 2.40 bits per heavy atom. The van der Waals surface area contributed by atoms with E-state index in [1.807, 2.05) is 54.1 Å². The number of phenols is 1. The van der Waals surface area contributed by atoms with Crippen molar-refractivity contribution in [2.75, 3.05) is 0 Å². The van der Waals surface area contributed by atoms with Gasteiger partial charge in [0.05, 0.1) is 22.6 Å². The van der Waals surface area contributed by atoms with Crippen molar-refractivity contribution in [1.29, 1.82) is 0 Å². The highest BCUT2D eigenvalue weighted by Gasteiger charge is 2.36. The number of phenolic OH excluding ortho intramolecular Hbond substituents is 1. The fourth-order valence-electron chi connectivity index (χ4n) is 3.47. The van der Waals surface area contributed by atoms with Gasteiger partial charge in [0.15, 0.2) is 5.78 Å². The average molecular weight is 332 g/mol. The highest BCUT2D eigenvalue weighted by atomic mass is 16.3. The van der Waals surface area contributed by atoms with Crippen molar-refractivity contribution in [2.24, 2.45) is 11.8 Å². The van der Waals surface area contributed by atoms with Gasteiger partial charge in [0.2, 0.25) is 0 Å². The Morgan fingerprint density at radius 2 is 1.72 bits per heavy atom. The Bertz CT molecular complexity index is 927. The molecule has 4 heteroatoms. The normalized spacial score (nSPS) is 19.7. The largest absolute Gasteiger partial charge is 0.508 e. The third-order valence-corrected chi connectivity index (χ3v) is 5.13. The molecule has 126 valence electrons. The molecule has 4 rings (SSSR count). The lowest BCUT2D eigenvalue weighted by atomic mass is 9.78. The third kappa shape index (κ3) is 2.54. The number of aromatic nitrogens is 2. The van der Waals surface area contributed by atoms with E-state index >= 15 is 0 Å². The third-order valence-electron chi connectivity index (χ3n) is 5.13. The van der Waals surface area contributed by atoms with Crippen LogP contribution in [0.4, 0.5) is 0 Å². The number of carbonyl (C=O) groups is 1. The van der Waals surface area contributed by atoms with Gasteiger partial charge in [-0.25, -0.2) is 4.68 Å². The Morgan fingerprint density at radius 1 is 1.04 bits per heavy atom. The molecule has 0 saturated heterocycles. The zero-order chi connectivity index (χ0) is 17.6. The van der Waals surface area contributed by atoms with Crippen molar-refractivity contribution in [2.45, 2.75) is 20.3 Å². The molecule has 0 fully saturated rings. The molecule has 1 N–H and O–H groups in total. The van der Waals surface area contributed by atoms with E-state index in [0.29, 0.717) is 0 Å². The minimum absolute atomic E-state index is 0.0169. The fraction of sp³-hybridized carbons (Fsp3) is 0.238. The number of hydrogen-bond donors (Lipinski definition) is 1. The van der Waals surface area contributed by atoms with E-state index < -0.39 is 0 Å². The summed E-state index contributed by atoms with van der Waals surface area (Å²) in [6.07, 6.45) is 0.799. The number of fused-ring (bicyclic) bond motifs is 1. The van der Waals surface area contributed by atoms with Crippen LogP contribution in [0.5, 0.6) is 5.75 Å². The smallest absolute Gasteiger partial charge is 0.170 e. The van der Waals surface area contributed by atoms with Crippen LogP contribution in [0, 0.1) is 11.8 Å². The second-order valence-electron chi connectivity index (χ2n) is 6.80. The quantitative estimate of drug-likeness (QED) is 0.763. The number of para-hydroxylation sites is 1. The van der Waals surface area contributed by atoms with Gasteiger partial charge in [-0.05, 0) is 48.7 Å². The molecule has 2 aromatic carbocycles. The molecule has 0 saturated carbocycles. The number of Topliss-reactive ketones (excluding diaryl/α,β-unsaturated/α-hetero) is 1. The van der Waals surface area contributed by atoms with Crippen molar-refractivity contribution >= 4 is 5.78 Å². The van der Waals surface area contributed by atoms with Gasteiger partial charge < -0.3 is 5.11 Å². The summed E-state index contributed by atoms with van der Waals surface area (Å²) in [7, 11) is 0. The summed E-state index contributed by atoms with van der Waals surface area (Å²) in [5, 5.41) is 14.4. The molecule has 0 unspecified atom stereocenters. The lowest BCUT2D eigenvalue weighted by Crippen LogP contribution is -2.27. The van der Waals surface area contributed by atoms with Crippen LogP contribution in [-0.4, -0.2) is 20.7 Å². The Kier molecular flexibility index (Phi) is 3.68. The summed E-state index contributed by atoms with van der Waals surface area (Å²) in [6, 6.07) is 16.8. The summed E-state index contributed by atoms with van der Waals surface area (Å²) >= 11 is 0. The molecule has 25 heavy (non-hydrogen) atoms. The van der Waals surface area contributed by atoms with Gasteiger partial charge in [-0.3, -0.25) is 4.79 Å². The summed E-state index contributed by atoms with van der Waals surface area (Å²) in [5.41, 5.74) is 4.20. The van der Waals surface area contributed by atoms with Crippen molar-refractivity contribution in [1.82, 2.24) is 9.78 Å². The summed E-state index contributed by atoms with van der Waals surface area (Å²) < 4.78 is 1.86. The second-order valence-corrected chi connectivity index (χ2v) is 6.80. The van der Waals surface area contributed by atoms with Crippen LogP contribution in [0.1, 0.15) is 29.9 Å². The molecule has 3 aromatic rings. The van der Waals surface area contributed by atoms with E-state index in [1.165, 1.54) is 0 Å². The molecule has 1 aromatic heterocycles. The first kappa shape index (κ1) is 15.6. The summed E-state index contributed by atoms with van der Waals surface area (Å²) in [6.45, 7) is 4.10. The first-order valence-electron chi connectivity index (χ1n) is 8.57. The van der Waals surface area contributed by atoms with E-state index in [2.05, 4.69) is 6.92 Å². The first-order valence-corrected chi connectivity index (χ1v) is 8.57. The molecule has 1 aliphatic carbocycles. The van der Waals surface area contributed by atoms with E-state index in [4.69, 9.17) is 5.10 Å². The monoisotopic (exact) mass is 332 g/mol. The fourth-order valence-corrected chi connectivity index (χ4v) is 3.47. The Hall–Kier alpha value is -2.88. The topological polar surface area (TPSA) is 55.1 Å². The maximum Gasteiger partial charge on any atom is 0.170 e. The zero-order valence-corrected chi connectivity index (χ0v) is 14.3. The van der Waals surface area contributed by atoms with Gasteiger partial charge in [0.25, 0.3) is 0 Å². The minimum atomic E-state index is -0.0169. The molecule has 0 spiro atoms. The maximum atomic E-state index is 13.0. The lowest BCUT2D eigenvalue weighted by Gasteiger charge is -2.24. The van der Waals surface area contributed by atoms with Crippen molar-refractivity contribution < 1.29 is 9.90 Å². The molecule has 4 nitrogen and oxygen atoms in total. The lowest BCUT2D eigenvalue weighted by molar-refractivity contribution is 0.0877. The van der Waals surface area contributed by atoms with E-state index in [1.54, 1.807) is 12.1 Å². The first-order chi connectivity index (χ1) is 12.1. The van der Waals surface area contributed by atoms with Crippen LogP contribution in [-0.2, 0) is 6.42 Å². The Balaban J connectivity index is 2.00. The summed E-state index contributed by atoms with van der Waals surface area (Å²) in [4.78, 5) is 13.0. The van der Waals surface area contributed by atoms with Gasteiger partial charge in [-0.2, -0.15) is 5.10 Å². The molecule has 0 radical (unpaired) electrons. The van der Waals surface area contributed by atoms with Crippen LogP contribution in [0.3, 0.4) is 0 Å². The molecule has 0 aliphatic heterocycles. The minimum Gasteiger partial charge on any atom is -0.508 e. The van der Waals surface area contributed by atoms with Crippen LogP contribution >= 0.6 is 0 Å². The van der Waals surface area contributed by atoms with E-state index in [0.717, 1.165) is 34.6 Å². The standard InChI is InChI=1S/C21H20N2O2/c1-13-12-18-19(21(25)14(13)2)20(15-8-10-17(24)11-9-15)23(22-18)16-6-4-3-5-7-16/h3-11,13-14,24H,12H2,1-2H3/t13-,14-/m1/s1. The zero-order valence-electron chi connectivity index (χ0n) is 14.3. The van der Waals surface area contributed by atoms with Gasteiger partial charge in [0.1, 0.15) is 5.75 Å². The Labute approximate surface area is 146 Å². The van der Waals surface area contributed by atoms with Crippen molar-refractivity contribution in [3.63, 3.8) is 0 Å². The number of ketones is 1. The van der Waals surface area contributed by atoms with Crippen LogP contribution in [0.15, 0.2) is 54.6 Å². The van der Waals surface area contributed by atoms with E-state index in [-0.39, 0.29) is 23.4 Å². The van der Waals surface area contributed by atoms with Crippen molar-refractivity contribution in [3.8, 4) is 22.7 Å². The number of nitrogens with zero attached hydrogens (tertiary/aromatic N) is 2. The van der Waals surface area contributed by atoms with Crippen molar-refractivity contribution in [3.05, 3.63) is 65.9 Å². The summed E-state index contributed by atoms with van der Waals surface area (Å²) in [5.74, 6) is 0.624. The molecular formula is C21H20N2O2. The molecule has 2 atom stereocenters. The number of benzene rings is 2. The average Bonchev–Trinajstić information content (AvgIpc) is 3.00. The highest BCUT2D eigenvalue weighted by Crippen LogP contribution is 2.37. The van der Waals surface area contributed by atoms with Gasteiger partial charge in [-0.15, -0.1) is 0 Å². The second kappa shape index (κ2) is 5.88. The number of carbonyl (C=O) groups excluding carboxylic acids is 1. The molecule has 0 bridgehead atoms. The SMILES string of the molecule is C[C@@H]1Cc2nn(-c3ccccc3)c(-c3ccc(O)cc3)c2C(=O)[C@@H]1C.